The van der Waals surface area contributed by atoms with E-state index in [1.165, 1.54) is 0 Å². The molecular weight excluding hydrogens is 382 g/mol. The minimum absolute atomic E-state index is 0.0250. The molecule has 2 amide bonds. The van der Waals surface area contributed by atoms with Crippen molar-refractivity contribution in [2.75, 3.05) is 26.7 Å². The molecule has 2 heterocycles. The number of hydrogen-bond donors (Lipinski definition) is 1. The highest BCUT2D eigenvalue weighted by molar-refractivity contribution is 5.97. The van der Waals surface area contributed by atoms with Crippen LogP contribution in [0.5, 0.6) is 5.88 Å². The van der Waals surface area contributed by atoms with Gasteiger partial charge in [0.1, 0.15) is 11.7 Å². The summed E-state index contributed by atoms with van der Waals surface area (Å²) in [6.07, 6.45) is 1.67. The van der Waals surface area contributed by atoms with Crippen LogP contribution in [0.4, 0.5) is 0 Å². The molecule has 0 saturated heterocycles. The van der Waals surface area contributed by atoms with Crippen LogP contribution >= 0.6 is 0 Å². The molecule has 0 spiro atoms. The number of ether oxygens (including phenoxy) is 1. The molecule has 3 atom stereocenters. The molecule has 0 fully saturated rings. The van der Waals surface area contributed by atoms with Gasteiger partial charge in [-0.1, -0.05) is 39.5 Å². The number of pyridine rings is 1. The fourth-order valence-corrected chi connectivity index (χ4v) is 3.26. The third kappa shape index (κ3) is 5.73. The van der Waals surface area contributed by atoms with Crippen LogP contribution in [-0.2, 0) is 4.79 Å². The Morgan fingerprint density at radius 1 is 1.43 bits per heavy atom. The maximum Gasteiger partial charge on any atom is 0.259 e. The first-order valence-electron chi connectivity index (χ1n) is 10.5. The summed E-state index contributed by atoms with van der Waals surface area (Å²) >= 11 is 0. The van der Waals surface area contributed by atoms with Gasteiger partial charge in [-0.25, -0.2) is 4.98 Å². The van der Waals surface area contributed by atoms with Gasteiger partial charge in [-0.3, -0.25) is 9.59 Å². The number of fused-ring (bicyclic) bond motifs is 1. The Balaban J connectivity index is 2.47. The molecule has 30 heavy (non-hydrogen) atoms. The highest BCUT2D eigenvalue weighted by Gasteiger charge is 2.34. The highest BCUT2D eigenvalue weighted by Crippen LogP contribution is 2.27. The largest absolute Gasteiger partial charge is 0.472 e. The lowest BCUT2D eigenvalue weighted by Crippen LogP contribution is -2.50. The zero-order valence-corrected chi connectivity index (χ0v) is 18.8. The topological polar surface area (TPSA) is 83.0 Å². The summed E-state index contributed by atoms with van der Waals surface area (Å²) in [5.74, 6) is 6.27. The first-order valence-corrected chi connectivity index (χ1v) is 10.5. The number of likely N-dealkylation sites (N-methyl/N-ethyl adjacent to an activating group) is 1. The van der Waals surface area contributed by atoms with E-state index in [-0.39, 0.29) is 48.3 Å². The highest BCUT2D eigenvalue weighted by atomic mass is 16.5. The van der Waals surface area contributed by atoms with E-state index in [4.69, 9.17) is 4.74 Å². The quantitative estimate of drug-likeness (QED) is 0.746. The van der Waals surface area contributed by atoms with Crippen molar-refractivity contribution in [3.05, 3.63) is 23.4 Å². The van der Waals surface area contributed by atoms with E-state index in [1.54, 1.807) is 29.1 Å². The maximum absolute atomic E-state index is 13.3. The molecule has 0 bridgehead atoms. The summed E-state index contributed by atoms with van der Waals surface area (Å²) in [6, 6.07) is 1.34. The number of nitrogens with zero attached hydrogens (tertiary/aromatic N) is 3. The van der Waals surface area contributed by atoms with Crippen molar-refractivity contribution in [3.8, 4) is 17.7 Å². The molecule has 0 aromatic carbocycles. The Morgan fingerprint density at radius 2 is 2.13 bits per heavy atom. The molecule has 1 aromatic rings. The molecule has 2 rings (SSSR count). The normalized spacial score (nSPS) is 19.7. The second-order valence-corrected chi connectivity index (χ2v) is 8.25. The van der Waals surface area contributed by atoms with Crippen LogP contribution in [0.1, 0.15) is 57.0 Å². The first kappa shape index (κ1) is 23.7. The third-order valence-electron chi connectivity index (χ3n) is 5.21. The van der Waals surface area contributed by atoms with Crippen molar-refractivity contribution >= 4 is 11.8 Å². The average Bonchev–Trinajstić information content (AvgIpc) is 2.73. The molecule has 1 N–H and O–H groups in total. The van der Waals surface area contributed by atoms with Crippen LogP contribution in [0.3, 0.4) is 0 Å². The Labute approximate surface area is 179 Å². The van der Waals surface area contributed by atoms with Gasteiger partial charge in [0.25, 0.3) is 5.91 Å². The van der Waals surface area contributed by atoms with Crippen LogP contribution in [-0.4, -0.2) is 70.6 Å². The molecule has 0 aliphatic carbocycles. The summed E-state index contributed by atoms with van der Waals surface area (Å²) in [4.78, 5) is 33.1. The lowest BCUT2D eigenvalue weighted by atomic mass is 9.99. The molecule has 7 nitrogen and oxygen atoms in total. The van der Waals surface area contributed by atoms with Crippen LogP contribution in [0.2, 0.25) is 0 Å². The lowest BCUT2D eigenvalue weighted by Gasteiger charge is -2.37. The SMILES string of the molecule is CCC(=O)N(C)C[C@H]1Oc2ncc(C#CC(C)C)cc2C(=O)N([C@H](C)CO)C[C@@H]1C. The number of aliphatic hydroxyl groups is 1. The van der Waals surface area contributed by atoms with E-state index in [2.05, 4.69) is 16.8 Å². The van der Waals surface area contributed by atoms with Crippen LogP contribution in [0.15, 0.2) is 12.3 Å². The fourth-order valence-electron chi connectivity index (χ4n) is 3.26. The predicted octanol–water partition coefficient (Wildman–Crippen LogP) is 2.18. The summed E-state index contributed by atoms with van der Waals surface area (Å²) in [7, 11) is 1.75. The standard InChI is InChI=1S/C23H33N3O4/c1-7-21(28)25(6)13-20-16(4)12-26(17(5)14-27)23(29)19-10-18(9-8-15(2)3)11-24-22(19)30-20/h10-11,15-17,20,27H,7,12-14H2,1-6H3/t16-,17+,20+/m0/s1. The predicted molar refractivity (Wildman–Crippen MR) is 115 cm³/mol. The van der Waals surface area contributed by atoms with Crippen molar-refractivity contribution < 1.29 is 19.4 Å². The van der Waals surface area contributed by atoms with Gasteiger partial charge in [-0.05, 0) is 13.0 Å². The van der Waals surface area contributed by atoms with E-state index >= 15 is 0 Å². The monoisotopic (exact) mass is 415 g/mol. The van der Waals surface area contributed by atoms with Gasteiger partial charge in [0.2, 0.25) is 11.8 Å². The Hall–Kier alpha value is -2.59. The van der Waals surface area contributed by atoms with Crippen molar-refractivity contribution in [2.45, 2.75) is 53.2 Å². The van der Waals surface area contributed by atoms with E-state index in [0.29, 0.717) is 30.6 Å². The number of hydrogen-bond acceptors (Lipinski definition) is 5. The van der Waals surface area contributed by atoms with Crippen molar-refractivity contribution in [3.63, 3.8) is 0 Å². The Bertz CT molecular complexity index is 827. The van der Waals surface area contributed by atoms with Gasteiger partial charge in [0.05, 0.1) is 19.2 Å². The van der Waals surface area contributed by atoms with Crippen LogP contribution < -0.4 is 4.74 Å². The molecule has 0 saturated carbocycles. The van der Waals surface area contributed by atoms with Gasteiger partial charge in [0, 0.05) is 43.6 Å². The molecule has 0 radical (unpaired) electrons. The van der Waals surface area contributed by atoms with Crippen molar-refractivity contribution in [2.24, 2.45) is 11.8 Å². The molecule has 0 unspecified atom stereocenters. The van der Waals surface area contributed by atoms with Gasteiger partial charge in [-0.15, -0.1) is 0 Å². The number of carbonyl (C=O) groups excluding carboxylic acids is 2. The Kier molecular flexibility index (Phi) is 8.24. The van der Waals surface area contributed by atoms with Crippen LogP contribution in [0, 0.1) is 23.7 Å². The van der Waals surface area contributed by atoms with Crippen molar-refractivity contribution in [1.29, 1.82) is 0 Å². The maximum atomic E-state index is 13.3. The van der Waals surface area contributed by atoms with E-state index in [0.717, 1.165) is 0 Å². The molecule has 1 aliphatic rings. The molecular formula is C23H33N3O4. The number of carbonyl (C=O) groups is 2. The van der Waals surface area contributed by atoms with Gasteiger partial charge < -0.3 is 19.6 Å². The smallest absolute Gasteiger partial charge is 0.259 e. The number of aromatic nitrogens is 1. The number of amides is 2. The number of aliphatic hydroxyl groups excluding tert-OH is 1. The molecule has 7 heteroatoms. The molecule has 1 aliphatic heterocycles. The van der Waals surface area contributed by atoms with E-state index in [1.807, 2.05) is 34.6 Å². The fraction of sp³-hybridized carbons (Fsp3) is 0.609. The second kappa shape index (κ2) is 10.4. The summed E-state index contributed by atoms with van der Waals surface area (Å²) in [5, 5.41) is 9.70. The Morgan fingerprint density at radius 3 is 2.73 bits per heavy atom. The summed E-state index contributed by atoms with van der Waals surface area (Å²) in [5.41, 5.74) is 0.965. The van der Waals surface area contributed by atoms with Gasteiger partial charge in [-0.2, -0.15) is 0 Å². The minimum atomic E-state index is -0.355. The van der Waals surface area contributed by atoms with Crippen LogP contribution in [0.25, 0.3) is 0 Å². The third-order valence-corrected chi connectivity index (χ3v) is 5.21. The average molecular weight is 416 g/mol. The van der Waals surface area contributed by atoms with E-state index in [9.17, 15) is 14.7 Å². The van der Waals surface area contributed by atoms with Gasteiger partial charge >= 0.3 is 0 Å². The summed E-state index contributed by atoms with van der Waals surface area (Å²) in [6.45, 7) is 10.2. The first-order chi connectivity index (χ1) is 14.2. The number of rotatable bonds is 5. The lowest BCUT2D eigenvalue weighted by molar-refractivity contribution is -0.131. The minimum Gasteiger partial charge on any atom is -0.472 e. The van der Waals surface area contributed by atoms with Gasteiger partial charge in [0.15, 0.2) is 0 Å². The van der Waals surface area contributed by atoms with E-state index < -0.39 is 0 Å². The zero-order chi connectivity index (χ0) is 22.4. The second-order valence-electron chi connectivity index (χ2n) is 8.25. The molecule has 164 valence electrons. The summed E-state index contributed by atoms with van der Waals surface area (Å²) < 4.78 is 6.16. The van der Waals surface area contributed by atoms with Crippen molar-refractivity contribution in [1.82, 2.24) is 14.8 Å². The molecule has 1 aromatic heterocycles. The zero-order valence-electron chi connectivity index (χ0n) is 18.8.